The monoisotopic (exact) mass is 186 g/mol. The van der Waals surface area contributed by atoms with Crippen LogP contribution in [0, 0.1) is 0 Å². The van der Waals surface area contributed by atoms with E-state index in [0.717, 1.165) is 5.71 Å². The molecular weight excluding hydrogens is 172 g/mol. The van der Waals surface area contributed by atoms with Gasteiger partial charge >= 0.3 is 6.09 Å². The first-order chi connectivity index (χ1) is 5.88. The third-order valence-corrected chi connectivity index (χ3v) is 1.47. The normalized spacial score (nSPS) is 16.5. The summed E-state index contributed by atoms with van der Waals surface area (Å²) in [5, 5.41) is 12.4. The Morgan fingerprint density at radius 3 is 2.46 bits per heavy atom. The summed E-state index contributed by atoms with van der Waals surface area (Å²) in [7, 11) is 0. The maximum atomic E-state index is 10.4. The number of rotatable bonds is 1. The maximum absolute atomic E-state index is 10.4. The Bertz CT molecular complexity index is 234. The minimum absolute atomic E-state index is 0.309. The number of hydrogen-bond acceptors (Lipinski definition) is 3. The van der Waals surface area contributed by atoms with Gasteiger partial charge in [-0.05, 0) is 20.8 Å². The number of carbonyl (C=O) groups is 1. The summed E-state index contributed by atoms with van der Waals surface area (Å²) in [4.78, 5) is 16.8. The molecule has 0 aromatic carbocycles. The maximum Gasteiger partial charge on any atom is 0.407 e. The molecule has 1 N–H and O–H groups in total. The average Bonchev–Trinajstić information content (AvgIpc) is 1.79. The number of likely N-dealkylation sites (tertiary alicyclic amines) is 1. The lowest BCUT2D eigenvalue weighted by atomic mass is 10.2. The minimum atomic E-state index is -0.908. The third kappa shape index (κ3) is 2.93. The van der Waals surface area contributed by atoms with Gasteiger partial charge in [0.25, 0.3) is 0 Å². The van der Waals surface area contributed by atoms with Gasteiger partial charge in [0.15, 0.2) is 0 Å². The first kappa shape index (κ1) is 9.83. The van der Waals surface area contributed by atoms with E-state index in [1.165, 1.54) is 4.90 Å². The van der Waals surface area contributed by atoms with Gasteiger partial charge in [-0.25, -0.2) is 4.79 Å². The van der Waals surface area contributed by atoms with E-state index >= 15 is 0 Å². The molecule has 5 nitrogen and oxygen atoms in total. The molecule has 0 aliphatic carbocycles. The Kier molecular flexibility index (Phi) is 2.45. The van der Waals surface area contributed by atoms with Crippen LogP contribution >= 0.6 is 0 Å². The fourth-order valence-electron chi connectivity index (χ4n) is 0.789. The summed E-state index contributed by atoms with van der Waals surface area (Å²) < 4.78 is 0. The van der Waals surface area contributed by atoms with E-state index in [4.69, 9.17) is 9.94 Å². The lowest BCUT2D eigenvalue weighted by Crippen LogP contribution is -2.50. The largest absolute Gasteiger partial charge is 0.465 e. The van der Waals surface area contributed by atoms with E-state index < -0.39 is 6.09 Å². The topological polar surface area (TPSA) is 62.1 Å². The molecule has 0 unspecified atom stereocenters. The van der Waals surface area contributed by atoms with Crippen LogP contribution in [0.3, 0.4) is 0 Å². The van der Waals surface area contributed by atoms with E-state index in [0.29, 0.717) is 13.1 Å². The lowest BCUT2D eigenvalue weighted by Gasteiger charge is -2.30. The second-order valence-corrected chi connectivity index (χ2v) is 4.00. The van der Waals surface area contributed by atoms with Gasteiger partial charge in [-0.15, -0.1) is 0 Å². The van der Waals surface area contributed by atoms with Crippen molar-refractivity contribution < 1.29 is 14.7 Å². The quantitative estimate of drug-likeness (QED) is 0.625. The summed E-state index contributed by atoms with van der Waals surface area (Å²) in [6.45, 7) is 6.41. The van der Waals surface area contributed by atoms with Gasteiger partial charge in [0.05, 0.1) is 18.8 Å². The smallest absolute Gasteiger partial charge is 0.407 e. The molecule has 0 aromatic rings. The van der Waals surface area contributed by atoms with Crippen LogP contribution in [0.15, 0.2) is 5.16 Å². The Morgan fingerprint density at radius 2 is 2.08 bits per heavy atom. The summed E-state index contributed by atoms with van der Waals surface area (Å²) >= 11 is 0. The van der Waals surface area contributed by atoms with Crippen LogP contribution in [0.1, 0.15) is 20.8 Å². The Morgan fingerprint density at radius 1 is 1.54 bits per heavy atom. The molecule has 5 heteroatoms. The summed E-state index contributed by atoms with van der Waals surface area (Å²) in [6, 6.07) is 0. The molecule has 0 bridgehead atoms. The van der Waals surface area contributed by atoms with Gasteiger partial charge in [-0.1, -0.05) is 5.16 Å². The van der Waals surface area contributed by atoms with E-state index in [1.807, 2.05) is 20.8 Å². The molecule has 1 aliphatic heterocycles. The molecule has 0 atom stereocenters. The number of hydrogen-bond donors (Lipinski definition) is 1. The molecule has 0 saturated carbocycles. The van der Waals surface area contributed by atoms with Crippen molar-refractivity contribution in [3.63, 3.8) is 0 Å². The zero-order valence-electron chi connectivity index (χ0n) is 8.07. The van der Waals surface area contributed by atoms with Crippen molar-refractivity contribution in [1.82, 2.24) is 4.90 Å². The van der Waals surface area contributed by atoms with Crippen molar-refractivity contribution in [2.75, 3.05) is 13.1 Å². The third-order valence-electron chi connectivity index (χ3n) is 1.47. The van der Waals surface area contributed by atoms with Gasteiger partial charge in [0.1, 0.15) is 5.60 Å². The summed E-state index contributed by atoms with van der Waals surface area (Å²) in [6.07, 6.45) is -0.908. The van der Waals surface area contributed by atoms with Crippen LogP contribution in [0.5, 0.6) is 0 Å². The van der Waals surface area contributed by atoms with Crippen LogP contribution in [0.25, 0.3) is 0 Å². The SMILES string of the molecule is CC(C)(C)ON=C1CN(C(=O)O)C1. The van der Waals surface area contributed by atoms with Crippen molar-refractivity contribution in [3.05, 3.63) is 0 Å². The van der Waals surface area contributed by atoms with Crippen molar-refractivity contribution in [3.8, 4) is 0 Å². The second-order valence-electron chi connectivity index (χ2n) is 4.00. The highest BCUT2D eigenvalue weighted by Gasteiger charge is 2.27. The molecule has 1 aliphatic rings. The molecule has 1 rings (SSSR count). The van der Waals surface area contributed by atoms with Crippen LogP contribution in [0.2, 0.25) is 0 Å². The van der Waals surface area contributed by atoms with E-state index in [-0.39, 0.29) is 5.60 Å². The standard InChI is InChI=1S/C8H14N2O3/c1-8(2,3)13-9-6-4-10(5-6)7(11)12/h4-5H2,1-3H3,(H,11,12). The highest BCUT2D eigenvalue weighted by molar-refractivity contribution is 5.97. The average molecular weight is 186 g/mol. The van der Waals surface area contributed by atoms with E-state index in [1.54, 1.807) is 0 Å². The minimum Gasteiger partial charge on any atom is -0.465 e. The van der Waals surface area contributed by atoms with Gasteiger partial charge in [-0.3, -0.25) is 4.90 Å². The zero-order valence-corrected chi connectivity index (χ0v) is 8.07. The van der Waals surface area contributed by atoms with Crippen molar-refractivity contribution in [1.29, 1.82) is 0 Å². The molecule has 74 valence electrons. The number of amides is 1. The molecule has 1 saturated heterocycles. The second kappa shape index (κ2) is 3.24. The fraction of sp³-hybridized carbons (Fsp3) is 0.750. The highest BCUT2D eigenvalue weighted by Crippen LogP contribution is 2.10. The van der Waals surface area contributed by atoms with Gasteiger partial charge in [-0.2, -0.15) is 0 Å². The first-order valence-electron chi connectivity index (χ1n) is 4.10. The molecule has 1 heterocycles. The Labute approximate surface area is 77.0 Å². The van der Waals surface area contributed by atoms with Crippen LogP contribution in [-0.4, -0.2) is 40.5 Å². The number of oxime groups is 1. The summed E-state index contributed by atoms with van der Waals surface area (Å²) in [5.41, 5.74) is 0.466. The molecule has 13 heavy (non-hydrogen) atoms. The predicted molar refractivity (Wildman–Crippen MR) is 47.9 cm³/mol. The Hall–Kier alpha value is -1.26. The molecule has 0 radical (unpaired) electrons. The van der Waals surface area contributed by atoms with Gasteiger partial charge in [0, 0.05) is 0 Å². The van der Waals surface area contributed by atoms with E-state index in [2.05, 4.69) is 5.16 Å². The number of nitrogens with zero attached hydrogens (tertiary/aromatic N) is 2. The molecule has 0 spiro atoms. The Balaban J connectivity index is 2.31. The van der Waals surface area contributed by atoms with Crippen LogP contribution in [0.4, 0.5) is 4.79 Å². The highest BCUT2D eigenvalue weighted by atomic mass is 16.6. The summed E-state index contributed by atoms with van der Waals surface area (Å²) in [5.74, 6) is 0. The van der Waals surface area contributed by atoms with E-state index in [9.17, 15) is 4.79 Å². The molecule has 1 fully saturated rings. The van der Waals surface area contributed by atoms with Crippen molar-refractivity contribution in [2.24, 2.45) is 5.16 Å². The first-order valence-corrected chi connectivity index (χ1v) is 4.10. The van der Waals surface area contributed by atoms with Crippen LogP contribution < -0.4 is 0 Å². The predicted octanol–water partition coefficient (Wildman–Crippen LogP) is 1.15. The number of carboxylic acid groups (broad SMARTS) is 1. The zero-order chi connectivity index (χ0) is 10.1. The van der Waals surface area contributed by atoms with Gasteiger partial charge in [0.2, 0.25) is 0 Å². The van der Waals surface area contributed by atoms with Crippen LogP contribution in [-0.2, 0) is 4.84 Å². The lowest BCUT2D eigenvalue weighted by molar-refractivity contribution is -0.00147. The fourth-order valence-corrected chi connectivity index (χ4v) is 0.789. The molecule has 0 aromatic heterocycles. The van der Waals surface area contributed by atoms with Crippen molar-refractivity contribution in [2.45, 2.75) is 26.4 Å². The molecular formula is C8H14N2O3. The van der Waals surface area contributed by atoms with Gasteiger partial charge < -0.3 is 9.94 Å². The van der Waals surface area contributed by atoms with Crippen molar-refractivity contribution >= 4 is 11.8 Å². The molecule has 1 amide bonds.